The average molecular weight is 938 g/mol. The highest BCUT2D eigenvalue weighted by Gasteiger charge is 2.19. The summed E-state index contributed by atoms with van der Waals surface area (Å²) in [4.78, 5) is 38.1. The number of carbonyl (C=O) groups excluding carboxylic acids is 3. The summed E-state index contributed by atoms with van der Waals surface area (Å²) in [5, 5.41) is 0. The van der Waals surface area contributed by atoms with Crippen LogP contribution in [0.3, 0.4) is 0 Å². The standard InChI is InChI=1S/C61H108O6/c1-4-7-10-13-16-19-22-25-28-30-33-36-39-42-45-48-51-54-60(63)66-57-58(56-65-59(62)53-50-47-44-41-38-35-32-27-24-21-18-15-12-9-6-3)67-61(64)55-52-49-46-43-40-37-34-31-29-26-23-20-17-14-11-8-5-2/h17,20,25-26,28-29,33,36,42,45,58H,4-16,18-19,21-24,27,30-32,34-35,37-41,43-44,46-57H2,1-3H3/b20-17-,28-25-,29-26-,36-33-,45-42-. The lowest BCUT2D eigenvalue weighted by atomic mass is 10.0. The fourth-order valence-corrected chi connectivity index (χ4v) is 8.14. The van der Waals surface area contributed by atoms with Gasteiger partial charge in [0.05, 0.1) is 0 Å². The van der Waals surface area contributed by atoms with Crippen LogP contribution in [0.15, 0.2) is 60.8 Å². The lowest BCUT2D eigenvalue weighted by Gasteiger charge is -2.18. The Morgan fingerprint density at radius 1 is 0.299 bits per heavy atom. The van der Waals surface area contributed by atoms with E-state index in [0.717, 1.165) is 70.6 Å². The van der Waals surface area contributed by atoms with Crippen LogP contribution in [0.1, 0.15) is 290 Å². The maximum absolute atomic E-state index is 12.8. The van der Waals surface area contributed by atoms with Crippen molar-refractivity contribution in [3.63, 3.8) is 0 Å². The topological polar surface area (TPSA) is 78.9 Å². The third kappa shape index (κ3) is 53.9. The van der Waals surface area contributed by atoms with E-state index in [1.54, 1.807) is 0 Å². The van der Waals surface area contributed by atoms with Crippen molar-refractivity contribution in [3.8, 4) is 0 Å². The van der Waals surface area contributed by atoms with Gasteiger partial charge in [-0.15, -0.1) is 0 Å². The molecular formula is C61H108O6. The molecule has 0 aliphatic rings. The predicted octanol–water partition coefficient (Wildman–Crippen LogP) is 19.2. The summed E-state index contributed by atoms with van der Waals surface area (Å²) in [6, 6.07) is 0. The maximum atomic E-state index is 12.8. The molecule has 0 rings (SSSR count). The summed E-state index contributed by atoms with van der Waals surface area (Å²) in [5.41, 5.74) is 0. The second kappa shape index (κ2) is 55.7. The molecule has 67 heavy (non-hydrogen) atoms. The average Bonchev–Trinajstić information content (AvgIpc) is 3.33. The van der Waals surface area contributed by atoms with E-state index in [1.807, 2.05) is 0 Å². The number of rotatable bonds is 52. The van der Waals surface area contributed by atoms with Gasteiger partial charge in [0.25, 0.3) is 0 Å². The van der Waals surface area contributed by atoms with Crippen LogP contribution in [0, 0.1) is 0 Å². The van der Waals surface area contributed by atoms with Crippen LogP contribution in [-0.2, 0) is 28.6 Å². The molecule has 0 amide bonds. The molecule has 0 fully saturated rings. The van der Waals surface area contributed by atoms with Crippen molar-refractivity contribution in [3.05, 3.63) is 60.8 Å². The number of unbranched alkanes of at least 4 members (excludes halogenated alkanes) is 31. The van der Waals surface area contributed by atoms with Crippen molar-refractivity contribution in [1.29, 1.82) is 0 Å². The van der Waals surface area contributed by atoms with E-state index >= 15 is 0 Å². The first-order valence-corrected chi connectivity index (χ1v) is 28.8. The van der Waals surface area contributed by atoms with Crippen molar-refractivity contribution < 1.29 is 28.6 Å². The van der Waals surface area contributed by atoms with E-state index in [9.17, 15) is 14.4 Å². The van der Waals surface area contributed by atoms with E-state index in [1.165, 1.54) is 173 Å². The molecule has 0 spiro atoms. The van der Waals surface area contributed by atoms with Gasteiger partial charge >= 0.3 is 17.9 Å². The van der Waals surface area contributed by atoms with Gasteiger partial charge < -0.3 is 14.2 Å². The SMILES string of the molecule is CCCCC/C=C\C/C=C\CCCCCCCCCC(=O)OC(COC(=O)CCC/C=C\C/C=C\C/C=C\CCCCCCCC)COC(=O)CCCCCCCCCCCCCCCCC. The summed E-state index contributed by atoms with van der Waals surface area (Å²) in [5.74, 6) is -0.942. The first-order chi connectivity index (χ1) is 33.0. The highest BCUT2D eigenvalue weighted by Crippen LogP contribution is 2.16. The highest BCUT2D eigenvalue weighted by molar-refractivity contribution is 5.71. The largest absolute Gasteiger partial charge is 0.462 e. The number of ether oxygens (including phenoxy) is 3. The van der Waals surface area contributed by atoms with Crippen molar-refractivity contribution in [2.24, 2.45) is 0 Å². The number of allylic oxidation sites excluding steroid dienone is 10. The molecule has 0 saturated carbocycles. The molecule has 0 heterocycles. The molecule has 0 aromatic heterocycles. The van der Waals surface area contributed by atoms with Gasteiger partial charge in [-0.3, -0.25) is 14.4 Å². The molecule has 388 valence electrons. The zero-order valence-corrected chi connectivity index (χ0v) is 44.4. The summed E-state index contributed by atoms with van der Waals surface area (Å²) < 4.78 is 16.8. The first kappa shape index (κ1) is 64.1. The zero-order chi connectivity index (χ0) is 48.6. The van der Waals surface area contributed by atoms with E-state index in [-0.39, 0.29) is 37.5 Å². The molecular weight excluding hydrogens is 829 g/mol. The van der Waals surface area contributed by atoms with E-state index in [2.05, 4.69) is 81.5 Å². The molecule has 1 unspecified atom stereocenters. The molecule has 6 nitrogen and oxygen atoms in total. The molecule has 1 atom stereocenters. The van der Waals surface area contributed by atoms with E-state index in [0.29, 0.717) is 19.3 Å². The van der Waals surface area contributed by atoms with Crippen molar-refractivity contribution in [1.82, 2.24) is 0 Å². The minimum absolute atomic E-state index is 0.0906. The summed E-state index contributed by atoms with van der Waals surface area (Å²) in [6.07, 6.45) is 69.2. The van der Waals surface area contributed by atoms with Gasteiger partial charge in [0.2, 0.25) is 0 Å². The van der Waals surface area contributed by atoms with Crippen LogP contribution >= 0.6 is 0 Å². The quantitative estimate of drug-likeness (QED) is 0.0262. The second-order valence-electron chi connectivity index (χ2n) is 19.2. The second-order valence-corrected chi connectivity index (χ2v) is 19.2. The Bertz CT molecular complexity index is 1210. The van der Waals surface area contributed by atoms with Crippen LogP contribution in [0.5, 0.6) is 0 Å². The van der Waals surface area contributed by atoms with Gasteiger partial charge in [-0.2, -0.15) is 0 Å². The number of hydrogen-bond donors (Lipinski definition) is 0. The third-order valence-electron chi connectivity index (χ3n) is 12.5. The minimum atomic E-state index is -0.797. The number of esters is 3. The Morgan fingerprint density at radius 3 is 0.925 bits per heavy atom. The molecule has 0 bridgehead atoms. The summed E-state index contributed by atoms with van der Waals surface area (Å²) in [7, 11) is 0. The van der Waals surface area contributed by atoms with Gasteiger partial charge in [-0.05, 0) is 83.5 Å². The van der Waals surface area contributed by atoms with Gasteiger partial charge in [0, 0.05) is 19.3 Å². The molecule has 0 N–H and O–H groups in total. The van der Waals surface area contributed by atoms with Gasteiger partial charge in [-0.25, -0.2) is 0 Å². The van der Waals surface area contributed by atoms with Crippen LogP contribution in [0.2, 0.25) is 0 Å². The Morgan fingerprint density at radius 2 is 0.552 bits per heavy atom. The van der Waals surface area contributed by atoms with Gasteiger partial charge in [0.1, 0.15) is 13.2 Å². The molecule has 0 saturated heterocycles. The van der Waals surface area contributed by atoms with Crippen molar-refractivity contribution in [2.45, 2.75) is 297 Å². The van der Waals surface area contributed by atoms with E-state index < -0.39 is 6.10 Å². The number of hydrogen-bond acceptors (Lipinski definition) is 6. The fraction of sp³-hybridized carbons (Fsp3) is 0.787. The van der Waals surface area contributed by atoms with E-state index in [4.69, 9.17) is 14.2 Å². The normalized spacial score (nSPS) is 12.5. The van der Waals surface area contributed by atoms with Gasteiger partial charge in [-0.1, -0.05) is 248 Å². The summed E-state index contributed by atoms with van der Waals surface area (Å²) >= 11 is 0. The fourth-order valence-electron chi connectivity index (χ4n) is 8.14. The third-order valence-corrected chi connectivity index (χ3v) is 12.5. The Balaban J connectivity index is 4.45. The molecule has 0 aromatic rings. The lowest BCUT2D eigenvalue weighted by Crippen LogP contribution is -2.30. The maximum Gasteiger partial charge on any atom is 0.306 e. The highest BCUT2D eigenvalue weighted by atomic mass is 16.6. The van der Waals surface area contributed by atoms with Gasteiger partial charge in [0.15, 0.2) is 6.10 Å². The molecule has 6 heteroatoms. The molecule has 0 aromatic carbocycles. The smallest absolute Gasteiger partial charge is 0.306 e. The number of carbonyl (C=O) groups is 3. The molecule has 0 aliphatic carbocycles. The van der Waals surface area contributed by atoms with Crippen LogP contribution in [0.25, 0.3) is 0 Å². The monoisotopic (exact) mass is 937 g/mol. The van der Waals surface area contributed by atoms with Crippen molar-refractivity contribution >= 4 is 17.9 Å². The van der Waals surface area contributed by atoms with Crippen molar-refractivity contribution in [2.75, 3.05) is 13.2 Å². The summed E-state index contributed by atoms with van der Waals surface area (Å²) in [6.45, 7) is 6.59. The van der Waals surface area contributed by atoms with Crippen LogP contribution < -0.4 is 0 Å². The first-order valence-electron chi connectivity index (χ1n) is 28.8. The minimum Gasteiger partial charge on any atom is -0.462 e. The Kier molecular flexibility index (Phi) is 53.3. The Hall–Kier alpha value is -2.89. The Labute approximate surface area is 415 Å². The molecule has 0 radical (unpaired) electrons. The van der Waals surface area contributed by atoms with Crippen LogP contribution in [0.4, 0.5) is 0 Å². The lowest BCUT2D eigenvalue weighted by molar-refractivity contribution is -0.167. The molecule has 0 aliphatic heterocycles. The van der Waals surface area contributed by atoms with Crippen LogP contribution in [-0.4, -0.2) is 37.2 Å². The predicted molar refractivity (Wildman–Crippen MR) is 288 cm³/mol. The zero-order valence-electron chi connectivity index (χ0n) is 44.4.